The molecular formula is C18H13F2N3O4S. The van der Waals surface area contributed by atoms with E-state index < -0.39 is 17.4 Å². The molecule has 0 spiro atoms. The van der Waals surface area contributed by atoms with Gasteiger partial charge < -0.3 is 4.74 Å². The normalized spacial score (nSPS) is 10.7. The molecule has 10 heteroatoms. The van der Waals surface area contributed by atoms with Crippen LogP contribution in [0.1, 0.15) is 15.9 Å². The first-order valence-electron chi connectivity index (χ1n) is 7.90. The van der Waals surface area contributed by atoms with Gasteiger partial charge >= 0.3 is 6.61 Å². The number of aryl methyl sites for hydroxylation is 1. The third-order valence-electron chi connectivity index (χ3n) is 3.77. The largest absolute Gasteiger partial charge is 0.435 e. The molecule has 3 aromatic rings. The molecule has 0 aliphatic heterocycles. The first kappa shape index (κ1) is 19.4. The molecule has 0 radical (unpaired) electrons. The fraction of sp³-hybridized carbons (Fsp3) is 0.111. The van der Waals surface area contributed by atoms with Crippen molar-refractivity contribution in [3.63, 3.8) is 0 Å². The van der Waals surface area contributed by atoms with Crippen molar-refractivity contribution in [1.29, 1.82) is 0 Å². The predicted octanol–water partition coefficient (Wildman–Crippen LogP) is 4.88. The van der Waals surface area contributed by atoms with Gasteiger partial charge in [0.25, 0.3) is 11.6 Å². The molecule has 3 rings (SSSR count). The van der Waals surface area contributed by atoms with Crippen molar-refractivity contribution in [2.75, 3.05) is 5.32 Å². The molecule has 1 N–H and O–H groups in total. The number of ether oxygens (including phenoxy) is 1. The second kappa shape index (κ2) is 8.09. The zero-order valence-corrected chi connectivity index (χ0v) is 15.2. The zero-order valence-electron chi connectivity index (χ0n) is 14.4. The number of anilines is 1. The van der Waals surface area contributed by atoms with Gasteiger partial charge in [-0.15, -0.1) is 11.3 Å². The SMILES string of the molecule is Cc1ccc(-c2csc(NC(=O)c3ccc(OC(F)F)cc3)n2)cc1[N+](=O)[O-]. The van der Waals surface area contributed by atoms with Crippen molar-refractivity contribution in [1.82, 2.24) is 4.98 Å². The van der Waals surface area contributed by atoms with Crippen LogP contribution < -0.4 is 10.1 Å². The molecule has 0 saturated carbocycles. The highest BCUT2D eigenvalue weighted by Gasteiger charge is 2.15. The molecule has 1 heterocycles. The first-order chi connectivity index (χ1) is 13.3. The van der Waals surface area contributed by atoms with Gasteiger partial charge in [-0.3, -0.25) is 20.2 Å². The number of nitrogens with zero attached hydrogens (tertiary/aromatic N) is 2. The number of nitrogens with one attached hydrogen (secondary N) is 1. The number of halogens is 2. The molecule has 0 saturated heterocycles. The molecular weight excluding hydrogens is 392 g/mol. The van der Waals surface area contributed by atoms with Crippen LogP contribution in [-0.2, 0) is 0 Å². The van der Waals surface area contributed by atoms with E-state index in [4.69, 9.17) is 0 Å². The molecule has 0 aliphatic rings. The number of thiazole rings is 1. The summed E-state index contributed by atoms with van der Waals surface area (Å²) in [6.07, 6.45) is 0. The Bertz CT molecular complexity index is 1020. The third kappa shape index (κ3) is 4.46. The smallest absolute Gasteiger partial charge is 0.387 e. The maximum absolute atomic E-state index is 12.3. The summed E-state index contributed by atoms with van der Waals surface area (Å²) in [5, 5.41) is 15.7. The molecule has 0 fully saturated rings. The van der Waals surface area contributed by atoms with Crippen LogP contribution in [0.3, 0.4) is 0 Å². The van der Waals surface area contributed by atoms with Crippen LogP contribution in [0.25, 0.3) is 11.3 Å². The summed E-state index contributed by atoms with van der Waals surface area (Å²) >= 11 is 1.16. The van der Waals surface area contributed by atoms with Gasteiger partial charge in [-0.05, 0) is 31.2 Å². The van der Waals surface area contributed by atoms with E-state index in [9.17, 15) is 23.7 Å². The molecule has 0 aliphatic carbocycles. The molecule has 28 heavy (non-hydrogen) atoms. The monoisotopic (exact) mass is 405 g/mol. The van der Waals surface area contributed by atoms with Gasteiger partial charge in [0.05, 0.1) is 10.6 Å². The Balaban J connectivity index is 1.73. The van der Waals surface area contributed by atoms with Gasteiger partial charge in [0.2, 0.25) is 0 Å². The lowest BCUT2D eigenvalue weighted by molar-refractivity contribution is -0.385. The Labute approximate surface area is 161 Å². The Morgan fingerprint density at radius 3 is 2.61 bits per heavy atom. The van der Waals surface area contributed by atoms with Crippen LogP contribution in [0.15, 0.2) is 47.8 Å². The van der Waals surface area contributed by atoms with E-state index in [1.54, 1.807) is 24.4 Å². The van der Waals surface area contributed by atoms with E-state index in [-0.39, 0.29) is 17.0 Å². The highest BCUT2D eigenvalue weighted by atomic mass is 32.1. The lowest BCUT2D eigenvalue weighted by Gasteiger charge is -2.05. The third-order valence-corrected chi connectivity index (χ3v) is 4.53. The van der Waals surface area contributed by atoms with Crippen LogP contribution in [0.4, 0.5) is 19.6 Å². The summed E-state index contributed by atoms with van der Waals surface area (Å²) in [7, 11) is 0. The Morgan fingerprint density at radius 2 is 1.96 bits per heavy atom. The van der Waals surface area contributed by atoms with Gasteiger partial charge in [-0.2, -0.15) is 8.78 Å². The number of amides is 1. The lowest BCUT2D eigenvalue weighted by atomic mass is 10.1. The second-order valence-corrected chi connectivity index (χ2v) is 6.51. The maximum atomic E-state index is 12.3. The zero-order chi connectivity index (χ0) is 20.3. The van der Waals surface area contributed by atoms with Crippen molar-refractivity contribution in [2.45, 2.75) is 13.5 Å². The number of benzene rings is 2. The fourth-order valence-corrected chi connectivity index (χ4v) is 3.10. The van der Waals surface area contributed by atoms with Crippen LogP contribution in [0.5, 0.6) is 5.75 Å². The number of hydrogen-bond donors (Lipinski definition) is 1. The number of rotatable bonds is 6. The molecule has 1 aromatic heterocycles. The number of alkyl halides is 2. The van der Waals surface area contributed by atoms with E-state index in [1.807, 2.05) is 0 Å². The van der Waals surface area contributed by atoms with E-state index in [2.05, 4.69) is 15.0 Å². The minimum absolute atomic E-state index is 0.0119. The number of nitro groups is 1. The van der Waals surface area contributed by atoms with Gasteiger partial charge in [-0.1, -0.05) is 12.1 Å². The average Bonchev–Trinajstić information content (AvgIpc) is 3.10. The minimum atomic E-state index is -2.94. The predicted molar refractivity (Wildman–Crippen MR) is 100.0 cm³/mol. The van der Waals surface area contributed by atoms with E-state index in [0.29, 0.717) is 22.0 Å². The summed E-state index contributed by atoms with van der Waals surface area (Å²) in [6, 6.07) is 10.0. The standard InChI is InChI=1S/C18H13F2N3O4S/c1-10-2-3-12(8-15(10)23(25)26)14-9-28-18(21-14)22-16(24)11-4-6-13(7-5-11)27-17(19)20/h2-9,17H,1H3,(H,21,22,24). The molecule has 0 atom stereocenters. The van der Waals surface area contributed by atoms with Gasteiger partial charge in [0.1, 0.15) is 5.75 Å². The molecule has 144 valence electrons. The molecule has 0 unspecified atom stereocenters. The molecule has 7 nitrogen and oxygen atoms in total. The quantitative estimate of drug-likeness (QED) is 0.466. The number of carbonyl (C=O) groups excluding carboxylic acids is 1. The van der Waals surface area contributed by atoms with Crippen molar-refractivity contribution in [3.8, 4) is 17.0 Å². The summed E-state index contributed by atoms with van der Waals surface area (Å²) in [5.74, 6) is -0.525. The maximum Gasteiger partial charge on any atom is 0.387 e. The summed E-state index contributed by atoms with van der Waals surface area (Å²) in [4.78, 5) is 27.1. The summed E-state index contributed by atoms with van der Waals surface area (Å²) < 4.78 is 28.5. The Kier molecular flexibility index (Phi) is 5.59. The number of nitro benzene ring substituents is 1. The van der Waals surface area contributed by atoms with Crippen molar-refractivity contribution < 1.29 is 23.2 Å². The van der Waals surface area contributed by atoms with Crippen molar-refractivity contribution >= 4 is 28.1 Å². The van der Waals surface area contributed by atoms with Gasteiger partial charge in [0.15, 0.2) is 5.13 Å². The number of carbonyl (C=O) groups is 1. The van der Waals surface area contributed by atoms with E-state index in [0.717, 1.165) is 11.3 Å². The summed E-state index contributed by atoms with van der Waals surface area (Å²) in [5.41, 5.74) is 1.81. The number of hydrogen-bond acceptors (Lipinski definition) is 6. The van der Waals surface area contributed by atoms with Gasteiger partial charge in [-0.25, -0.2) is 4.98 Å². The van der Waals surface area contributed by atoms with Crippen molar-refractivity contribution in [2.24, 2.45) is 0 Å². The highest BCUT2D eigenvalue weighted by molar-refractivity contribution is 7.14. The highest BCUT2D eigenvalue weighted by Crippen LogP contribution is 2.29. The molecule has 1 amide bonds. The molecule has 2 aromatic carbocycles. The van der Waals surface area contributed by atoms with Crippen LogP contribution in [0, 0.1) is 17.0 Å². The number of aromatic nitrogens is 1. The average molecular weight is 405 g/mol. The molecule has 0 bridgehead atoms. The first-order valence-corrected chi connectivity index (χ1v) is 8.78. The topological polar surface area (TPSA) is 94.4 Å². The van der Waals surface area contributed by atoms with Crippen LogP contribution >= 0.6 is 11.3 Å². The fourth-order valence-electron chi connectivity index (χ4n) is 2.39. The van der Waals surface area contributed by atoms with Crippen molar-refractivity contribution in [3.05, 3.63) is 69.1 Å². The van der Waals surface area contributed by atoms with E-state index >= 15 is 0 Å². The Hall–Kier alpha value is -3.40. The van der Waals surface area contributed by atoms with E-state index in [1.165, 1.54) is 30.3 Å². The second-order valence-electron chi connectivity index (χ2n) is 5.65. The van der Waals surface area contributed by atoms with Crippen LogP contribution in [-0.4, -0.2) is 22.4 Å². The van der Waals surface area contributed by atoms with Gasteiger partial charge in [0, 0.05) is 28.1 Å². The van der Waals surface area contributed by atoms with Crippen LogP contribution in [0.2, 0.25) is 0 Å². The Morgan fingerprint density at radius 1 is 1.25 bits per heavy atom. The summed E-state index contributed by atoms with van der Waals surface area (Å²) in [6.45, 7) is -1.29. The lowest BCUT2D eigenvalue weighted by Crippen LogP contribution is -2.11. The minimum Gasteiger partial charge on any atom is -0.435 e.